The number of aliphatic carboxylic acids is 1. The molecule has 0 spiro atoms. The molecule has 0 aromatic carbocycles. The molecule has 366 valence electrons. The summed E-state index contributed by atoms with van der Waals surface area (Å²) in [6.45, 7) is 4.64. The van der Waals surface area contributed by atoms with E-state index in [0.29, 0.717) is 19.3 Å². The molecule has 0 aliphatic carbocycles. The maximum atomic E-state index is 12.8. The van der Waals surface area contributed by atoms with Gasteiger partial charge in [0.2, 0.25) is 0 Å². The third-order valence-electron chi connectivity index (χ3n) is 11.7. The zero-order chi connectivity index (χ0) is 46.3. The van der Waals surface area contributed by atoms with Gasteiger partial charge in [-0.2, -0.15) is 0 Å². The van der Waals surface area contributed by atoms with Crippen LogP contribution < -0.4 is 0 Å². The molecule has 0 saturated heterocycles. The molecule has 0 aromatic heterocycles. The maximum absolute atomic E-state index is 12.8. The number of hydrogen-bond acceptors (Lipinski definition) is 6. The molecule has 0 heterocycles. The molecule has 2 unspecified atom stereocenters. The number of carbonyl (C=O) groups is 3. The largest absolute Gasteiger partial charge is 0.477 e. The summed E-state index contributed by atoms with van der Waals surface area (Å²) in [6.07, 6.45) is 55.9. The fraction of sp³-hybridized carbons (Fsp3) is 0.800. The average molecular weight is 887 g/mol. The van der Waals surface area contributed by atoms with Gasteiger partial charge >= 0.3 is 17.9 Å². The second-order valence-electron chi connectivity index (χ2n) is 18.7. The van der Waals surface area contributed by atoms with Crippen molar-refractivity contribution >= 4 is 17.9 Å². The highest BCUT2D eigenvalue weighted by molar-refractivity contribution is 5.72. The molecule has 0 bridgehead atoms. The molecular weight excluding hydrogens is 787 g/mol. The van der Waals surface area contributed by atoms with Crippen molar-refractivity contribution in [2.45, 2.75) is 244 Å². The van der Waals surface area contributed by atoms with Crippen LogP contribution in [0.25, 0.3) is 0 Å². The van der Waals surface area contributed by atoms with Crippen molar-refractivity contribution in [3.8, 4) is 0 Å². The van der Waals surface area contributed by atoms with Crippen molar-refractivity contribution in [2.75, 3.05) is 41.0 Å². The van der Waals surface area contributed by atoms with Gasteiger partial charge < -0.3 is 23.8 Å². The van der Waals surface area contributed by atoms with Crippen LogP contribution in [-0.2, 0) is 28.6 Å². The van der Waals surface area contributed by atoms with Crippen LogP contribution in [0.3, 0.4) is 0 Å². The number of quaternary nitrogens is 1. The van der Waals surface area contributed by atoms with Crippen LogP contribution in [0.15, 0.2) is 48.6 Å². The van der Waals surface area contributed by atoms with Crippen molar-refractivity contribution in [2.24, 2.45) is 0 Å². The highest BCUT2D eigenvalue weighted by atomic mass is 16.6. The Morgan fingerprint density at radius 1 is 0.492 bits per heavy atom. The van der Waals surface area contributed by atoms with Crippen LogP contribution >= 0.6 is 0 Å². The summed E-state index contributed by atoms with van der Waals surface area (Å²) in [5, 5.41) is 9.66. The third-order valence-corrected chi connectivity index (χ3v) is 11.7. The standard InChI is InChI=1S/C55H99NO7/c1-6-8-10-12-14-16-18-20-22-24-26-28-30-32-34-36-38-40-42-44-46-54(58)63-51(49-61-48-47-52(55(59)60)56(3,4)5)50-62-53(57)45-43-41-39-37-35-33-31-29-27-25-23-21-19-17-15-13-11-9-7-2/h9,11,15,17,21,23,26,28,51-52H,6-8,10,12-14,16,18-20,22,24-25,27,29-50H2,1-5H3/p+1/b11-9+,17-15+,23-21+,28-26+. The molecule has 8 heteroatoms. The fourth-order valence-corrected chi connectivity index (χ4v) is 7.69. The van der Waals surface area contributed by atoms with Crippen molar-refractivity contribution in [1.82, 2.24) is 0 Å². The van der Waals surface area contributed by atoms with Crippen molar-refractivity contribution < 1.29 is 38.2 Å². The summed E-state index contributed by atoms with van der Waals surface area (Å²) in [6, 6.07) is -0.617. The molecule has 0 aliphatic heterocycles. The van der Waals surface area contributed by atoms with Crippen LogP contribution in [0.2, 0.25) is 0 Å². The molecule has 2 atom stereocenters. The van der Waals surface area contributed by atoms with Crippen molar-refractivity contribution in [1.29, 1.82) is 0 Å². The summed E-state index contributed by atoms with van der Waals surface area (Å²) >= 11 is 0. The Morgan fingerprint density at radius 2 is 0.889 bits per heavy atom. The minimum absolute atomic E-state index is 0.0551. The predicted octanol–water partition coefficient (Wildman–Crippen LogP) is 15.1. The lowest BCUT2D eigenvalue weighted by Crippen LogP contribution is -2.50. The molecule has 8 nitrogen and oxygen atoms in total. The summed E-state index contributed by atoms with van der Waals surface area (Å²) in [4.78, 5) is 37.2. The highest BCUT2D eigenvalue weighted by Crippen LogP contribution is 2.15. The van der Waals surface area contributed by atoms with Gasteiger partial charge in [0.25, 0.3) is 0 Å². The summed E-state index contributed by atoms with van der Waals surface area (Å²) in [5.41, 5.74) is 0. The van der Waals surface area contributed by atoms with Gasteiger partial charge in [0, 0.05) is 19.3 Å². The Morgan fingerprint density at radius 3 is 1.33 bits per heavy atom. The third kappa shape index (κ3) is 44.3. The zero-order valence-electron chi connectivity index (χ0n) is 41.8. The van der Waals surface area contributed by atoms with E-state index in [2.05, 4.69) is 62.5 Å². The molecule has 0 rings (SSSR count). The number of carbonyl (C=O) groups excluding carboxylic acids is 2. The van der Waals surface area contributed by atoms with E-state index in [4.69, 9.17) is 14.2 Å². The van der Waals surface area contributed by atoms with E-state index >= 15 is 0 Å². The van der Waals surface area contributed by atoms with E-state index in [1.807, 2.05) is 21.1 Å². The van der Waals surface area contributed by atoms with Crippen LogP contribution in [0.5, 0.6) is 0 Å². The number of rotatable bonds is 47. The van der Waals surface area contributed by atoms with E-state index in [0.717, 1.165) is 64.2 Å². The monoisotopic (exact) mass is 887 g/mol. The predicted molar refractivity (Wildman–Crippen MR) is 266 cm³/mol. The average Bonchev–Trinajstić information content (AvgIpc) is 3.24. The highest BCUT2D eigenvalue weighted by Gasteiger charge is 2.31. The molecule has 0 fully saturated rings. The van der Waals surface area contributed by atoms with E-state index in [-0.39, 0.29) is 36.2 Å². The number of hydrogen-bond donors (Lipinski definition) is 1. The fourth-order valence-electron chi connectivity index (χ4n) is 7.69. The van der Waals surface area contributed by atoms with Gasteiger partial charge in [0.1, 0.15) is 6.61 Å². The Hall–Kier alpha value is -2.71. The van der Waals surface area contributed by atoms with E-state index in [9.17, 15) is 19.5 Å². The van der Waals surface area contributed by atoms with Gasteiger partial charge in [0.15, 0.2) is 12.1 Å². The quantitative estimate of drug-likeness (QED) is 0.0281. The summed E-state index contributed by atoms with van der Waals surface area (Å²) in [5.74, 6) is -1.47. The molecule has 0 aromatic rings. The molecule has 0 amide bonds. The second-order valence-corrected chi connectivity index (χ2v) is 18.7. The van der Waals surface area contributed by atoms with Gasteiger partial charge in [-0.3, -0.25) is 9.59 Å². The lowest BCUT2D eigenvalue weighted by molar-refractivity contribution is -0.887. The van der Waals surface area contributed by atoms with E-state index in [1.54, 1.807) is 0 Å². The zero-order valence-corrected chi connectivity index (χ0v) is 41.8. The lowest BCUT2D eigenvalue weighted by Gasteiger charge is -2.31. The Labute approximate surface area is 388 Å². The number of carboxylic acid groups (broad SMARTS) is 1. The normalized spacial score (nSPS) is 13.2. The summed E-state index contributed by atoms with van der Waals surface area (Å²) in [7, 11) is 5.54. The Kier molecular flexibility index (Phi) is 43.9. The number of unbranched alkanes of at least 4 members (excludes halogenated alkanes) is 25. The number of carboxylic acids is 1. The molecule has 0 aliphatic rings. The topological polar surface area (TPSA) is 99.1 Å². The first kappa shape index (κ1) is 60.3. The molecule has 0 saturated carbocycles. The van der Waals surface area contributed by atoms with Gasteiger partial charge in [-0.1, -0.05) is 191 Å². The molecule has 1 N–H and O–H groups in total. The van der Waals surface area contributed by atoms with Gasteiger partial charge in [-0.25, -0.2) is 4.79 Å². The molecular formula is C55H100NO7+. The van der Waals surface area contributed by atoms with E-state index < -0.39 is 18.1 Å². The maximum Gasteiger partial charge on any atom is 0.362 e. The lowest BCUT2D eigenvalue weighted by atomic mass is 10.1. The number of esters is 2. The number of likely N-dealkylation sites (N-methyl/N-ethyl adjacent to an activating group) is 1. The van der Waals surface area contributed by atoms with Crippen molar-refractivity contribution in [3.63, 3.8) is 0 Å². The Balaban J connectivity index is 4.24. The minimum atomic E-state index is -0.875. The number of allylic oxidation sites excluding steroid dienone is 8. The summed E-state index contributed by atoms with van der Waals surface area (Å²) < 4.78 is 17.4. The van der Waals surface area contributed by atoms with E-state index in [1.165, 1.54) is 135 Å². The van der Waals surface area contributed by atoms with Gasteiger partial charge in [-0.15, -0.1) is 0 Å². The van der Waals surface area contributed by atoms with Gasteiger partial charge in [0.05, 0.1) is 34.4 Å². The van der Waals surface area contributed by atoms with Crippen LogP contribution in [0.4, 0.5) is 0 Å². The van der Waals surface area contributed by atoms with Crippen LogP contribution in [-0.4, -0.2) is 80.6 Å². The number of nitrogens with zero attached hydrogens (tertiary/aromatic N) is 1. The Bertz CT molecular complexity index is 1170. The first-order chi connectivity index (χ1) is 30.6. The first-order valence-corrected chi connectivity index (χ1v) is 26.2. The second kappa shape index (κ2) is 45.8. The minimum Gasteiger partial charge on any atom is -0.477 e. The first-order valence-electron chi connectivity index (χ1n) is 26.2. The van der Waals surface area contributed by atoms with Crippen LogP contribution in [0, 0.1) is 0 Å². The molecule has 0 radical (unpaired) electrons. The van der Waals surface area contributed by atoms with Crippen molar-refractivity contribution in [3.05, 3.63) is 48.6 Å². The SMILES string of the molecule is CC/C=C/C/C=C/C/C=C/CCCCCCCCCCCC(=O)OCC(COCCC(C(=O)O)[N+](C)(C)C)OC(=O)CCCCCCCCC/C=C/CCCCCCCCCCC. The van der Waals surface area contributed by atoms with Crippen LogP contribution in [0.1, 0.15) is 232 Å². The smallest absolute Gasteiger partial charge is 0.362 e. The molecule has 63 heavy (non-hydrogen) atoms. The number of ether oxygens (including phenoxy) is 3. The van der Waals surface area contributed by atoms with Gasteiger partial charge in [-0.05, 0) is 70.6 Å².